The average Bonchev–Trinajstić information content (AvgIpc) is 2.90. The Kier molecular flexibility index (Phi) is 4.28. The highest BCUT2D eigenvalue weighted by Crippen LogP contribution is 2.29. The van der Waals surface area contributed by atoms with Gasteiger partial charge in [0.2, 0.25) is 5.91 Å². The largest absolute Gasteiger partial charge is 0.362 e. The van der Waals surface area contributed by atoms with E-state index in [-0.39, 0.29) is 18.5 Å². The van der Waals surface area contributed by atoms with Crippen LogP contribution in [-0.2, 0) is 11.2 Å². The van der Waals surface area contributed by atoms with Gasteiger partial charge in [0.05, 0.1) is 12.6 Å². The molecule has 1 aliphatic rings. The lowest BCUT2D eigenvalue weighted by molar-refractivity contribution is -0.120. The Bertz CT molecular complexity index is 718. The number of carbonyl (C=O) groups excluding carboxylic acids is 1. The summed E-state index contributed by atoms with van der Waals surface area (Å²) < 4.78 is 26.7. The second kappa shape index (κ2) is 6.36. The molecule has 0 bridgehead atoms. The van der Waals surface area contributed by atoms with Crippen molar-refractivity contribution in [1.82, 2.24) is 5.32 Å². The molecule has 1 heterocycles. The smallest absolute Gasteiger partial charge is 0.239 e. The van der Waals surface area contributed by atoms with Crippen LogP contribution in [0, 0.1) is 11.6 Å². The van der Waals surface area contributed by atoms with E-state index in [2.05, 4.69) is 5.32 Å². The number of nitrogens with one attached hydrogen (secondary N) is 1. The van der Waals surface area contributed by atoms with E-state index in [1.165, 1.54) is 12.1 Å². The molecule has 1 N–H and O–H groups in total. The summed E-state index contributed by atoms with van der Waals surface area (Å²) in [7, 11) is 0. The molecule has 0 saturated heterocycles. The number of rotatable bonds is 4. The van der Waals surface area contributed by atoms with Gasteiger partial charge in [-0.25, -0.2) is 8.78 Å². The number of amides is 1. The predicted molar refractivity (Wildman–Crippen MR) is 85.3 cm³/mol. The normalized spacial score (nSPS) is 14.5. The van der Waals surface area contributed by atoms with Gasteiger partial charge in [-0.05, 0) is 30.5 Å². The topological polar surface area (TPSA) is 32.3 Å². The molecule has 1 aliphatic heterocycles. The van der Waals surface area contributed by atoms with Crippen LogP contribution in [0.3, 0.4) is 0 Å². The SMILES string of the molecule is C[C@@H](NC(=O)CN1CCc2cc(F)c(F)cc21)c1ccccc1. The first-order chi connectivity index (χ1) is 11.0. The summed E-state index contributed by atoms with van der Waals surface area (Å²) >= 11 is 0. The van der Waals surface area contributed by atoms with Crippen molar-refractivity contribution >= 4 is 11.6 Å². The van der Waals surface area contributed by atoms with Gasteiger partial charge in [0.15, 0.2) is 11.6 Å². The molecule has 2 aromatic rings. The van der Waals surface area contributed by atoms with Crippen molar-refractivity contribution in [3.63, 3.8) is 0 Å². The van der Waals surface area contributed by atoms with Crippen molar-refractivity contribution in [2.45, 2.75) is 19.4 Å². The van der Waals surface area contributed by atoms with E-state index >= 15 is 0 Å². The Morgan fingerprint density at radius 2 is 1.91 bits per heavy atom. The molecule has 0 aliphatic carbocycles. The fraction of sp³-hybridized carbons (Fsp3) is 0.278. The summed E-state index contributed by atoms with van der Waals surface area (Å²) in [4.78, 5) is 14.0. The van der Waals surface area contributed by atoms with E-state index in [4.69, 9.17) is 0 Å². The maximum Gasteiger partial charge on any atom is 0.239 e. The van der Waals surface area contributed by atoms with Crippen molar-refractivity contribution in [3.05, 3.63) is 65.2 Å². The van der Waals surface area contributed by atoms with Crippen molar-refractivity contribution in [3.8, 4) is 0 Å². The van der Waals surface area contributed by atoms with Crippen LogP contribution in [0.2, 0.25) is 0 Å². The molecule has 2 aromatic carbocycles. The molecule has 120 valence electrons. The fourth-order valence-electron chi connectivity index (χ4n) is 2.90. The molecule has 5 heteroatoms. The van der Waals surface area contributed by atoms with Crippen LogP contribution in [0.15, 0.2) is 42.5 Å². The van der Waals surface area contributed by atoms with Crippen molar-refractivity contribution < 1.29 is 13.6 Å². The Labute approximate surface area is 133 Å². The minimum atomic E-state index is -0.881. The van der Waals surface area contributed by atoms with E-state index in [1.807, 2.05) is 37.3 Å². The first-order valence-electron chi connectivity index (χ1n) is 7.62. The van der Waals surface area contributed by atoms with Crippen LogP contribution in [0.1, 0.15) is 24.1 Å². The Morgan fingerprint density at radius 1 is 1.22 bits per heavy atom. The Balaban J connectivity index is 1.65. The van der Waals surface area contributed by atoms with Gasteiger partial charge in [0.25, 0.3) is 0 Å². The third kappa shape index (κ3) is 3.33. The zero-order chi connectivity index (χ0) is 16.4. The standard InChI is InChI=1S/C18H18F2N2O/c1-12(13-5-3-2-4-6-13)21-18(23)11-22-8-7-14-9-15(19)16(20)10-17(14)22/h2-6,9-10,12H,7-8,11H2,1H3,(H,21,23)/t12-/m1/s1. The Hall–Kier alpha value is -2.43. The Morgan fingerprint density at radius 3 is 2.65 bits per heavy atom. The number of benzene rings is 2. The zero-order valence-electron chi connectivity index (χ0n) is 12.9. The molecule has 1 amide bonds. The molecule has 0 aromatic heterocycles. The van der Waals surface area contributed by atoms with Gasteiger partial charge in [-0.2, -0.15) is 0 Å². The highest BCUT2D eigenvalue weighted by molar-refractivity contribution is 5.82. The van der Waals surface area contributed by atoms with Gasteiger partial charge in [-0.3, -0.25) is 4.79 Å². The molecule has 3 nitrogen and oxygen atoms in total. The highest BCUT2D eigenvalue weighted by Gasteiger charge is 2.24. The summed E-state index contributed by atoms with van der Waals surface area (Å²) in [6.07, 6.45) is 0.619. The van der Waals surface area contributed by atoms with E-state index in [0.29, 0.717) is 18.7 Å². The number of carbonyl (C=O) groups is 1. The van der Waals surface area contributed by atoms with Crippen LogP contribution in [-0.4, -0.2) is 19.0 Å². The molecule has 0 fully saturated rings. The van der Waals surface area contributed by atoms with Crippen molar-refractivity contribution in [2.24, 2.45) is 0 Å². The third-order valence-corrected chi connectivity index (χ3v) is 4.12. The minimum absolute atomic E-state index is 0.101. The van der Waals surface area contributed by atoms with Gasteiger partial charge in [0.1, 0.15) is 0 Å². The molecular weight excluding hydrogens is 298 g/mol. The second-order valence-corrected chi connectivity index (χ2v) is 5.77. The summed E-state index contributed by atoms with van der Waals surface area (Å²) in [5, 5.41) is 2.93. The summed E-state index contributed by atoms with van der Waals surface area (Å²) in [5.41, 5.74) is 2.37. The number of nitrogens with zero attached hydrogens (tertiary/aromatic N) is 1. The van der Waals surface area contributed by atoms with Crippen molar-refractivity contribution in [2.75, 3.05) is 18.0 Å². The summed E-state index contributed by atoms with van der Waals surface area (Å²) in [5.74, 6) is -1.86. The van der Waals surface area contributed by atoms with Crippen LogP contribution in [0.25, 0.3) is 0 Å². The zero-order valence-corrected chi connectivity index (χ0v) is 12.9. The van der Waals surface area contributed by atoms with Crippen LogP contribution < -0.4 is 10.2 Å². The summed E-state index contributed by atoms with van der Waals surface area (Å²) in [6, 6.07) is 12.0. The molecule has 0 saturated carbocycles. The predicted octanol–water partition coefficient (Wildman–Crippen LogP) is 3.20. The molecule has 23 heavy (non-hydrogen) atoms. The quantitative estimate of drug-likeness (QED) is 0.939. The van der Waals surface area contributed by atoms with Gasteiger partial charge in [-0.1, -0.05) is 30.3 Å². The number of halogens is 2. The highest BCUT2D eigenvalue weighted by atomic mass is 19.2. The first kappa shape index (κ1) is 15.5. The molecule has 0 spiro atoms. The van der Waals surface area contributed by atoms with Crippen LogP contribution >= 0.6 is 0 Å². The van der Waals surface area contributed by atoms with Gasteiger partial charge in [-0.15, -0.1) is 0 Å². The van der Waals surface area contributed by atoms with E-state index in [0.717, 1.165) is 11.1 Å². The molecular formula is C18H18F2N2O. The molecule has 0 unspecified atom stereocenters. The number of anilines is 1. The summed E-state index contributed by atoms with van der Waals surface area (Å²) in [6.45, 7) is 2.64. The lowest BCUT2D eigenvalue weighted by atomic mass is 10.1. The monoisotopic (exact) mass is 316 g/mol. The van der Waals surface area contributed by atoms with Gasteiger partial charge in [0, 0.05) is 18.3 Å². The van der Waals surface area contributed by atoms with Crippen LogP contribution in [0.4, 0.5) is 14.5 Å². The maximum absolute atomic E-state index is 13.4. The minimum Gasteiger partial charge on any atom is -0.362 e. The molecule has 3 rings (SSSR count). The van der Waals surface area contributed by atoms with Gasteiger partial charge >= 0.3 is 0 Å². The number of fused-ring (bicyclic) bond motifs is 1. The van der Waals surface area contributed by atoms with E-state index in [9.17, 15) is 13.6 Å². The average molecular weight is 316 g/mol. The number of hydrogen-bond donors (Lipinski definition) is 1. The molecule has 1 atom stereocenters. The van der Waals surface area contributed by atoms with E-state index in [1.54, 1.807) is 4.90 Å². The lowest BCUT2D eigenvalue weighted by Gasteiger charge is -2.21. The lowest BCUT2D eigenvalue weighted by Crippen LogP contribution is -2.37. The first-order valence-corrected chi connectivity index (χ1v) is 7.62. The van der Waals surface area contributed by atoms with Crippen LogP contribution in [0.5, 0.6) is 0 Å². The van der Waals surface area contributed by atoms with Crippen molar-refractivity contribution in [1.29, 1.82) is 0 Å². The maximum atomic E-state index is 13.4. The molecule has 0 radical (unpaired) electrons. The second-order valence-electron chi connectivity index (χ2n) is 5.77. The fourth-order valence-corrected chi connectivity index (χ4v) is 2.90. The van der Waals surface area contributed by atoms with Gasteiger partial charge < -0.3 is 10.2 Å². The van der Waals surface area contributed by atoms with E-state index < -0.39 is 11.6 Å². The number of hydrogen-bond acceptors (Lipinski definition) is 2. The third-order valence-electron chi connectivity index (χ3n) is 4.12.